The number of rotatable bonds is 5. The highest BCUT2D eigenvalue weighted by Gasteiger charge is 2.26. The molecule has 1 fully saturated rings. The third-order valence-electron chi connectivity index (χ3n) is 4.34. The first-order valence-corrected chi connectivity index (χ1v) is 8.02. The fourth-order valence-electron chi connectivity index (χ4n) is 2.65. The van der Waals surface area contributed by atoms with Crippen molar-refractivity contribution in [2.24, 2.45) is 5.73 Å². The molecule has 2 rings (SSSR count). The van der Waals surface area contributed by atoms with Crippen molar-refractivity contribution < 1.29 is 18.7 Å². The van der Waals surface area contributed by atoms with Crippen molar-refractivity contribution in [1.29, 1.82) is 0 Å². The number of hydrogen-bond donors (Lipinski definition) is 1. The maximum atomic E-state index is 13.6. The summed E-state index contributed by atoms with van der Waals surface area (Å²) in [4.78, 5) is 28.0. The van der Waals surface area contributed by atoms with Crippen LogP contribution in [0.1, 0.15) is 22.3 Å². The summed E-state index contributed by atoms with van der Waals surface area (Å²) in [6.07, 6.45) is -0.0443. The third kappa shape index (κ3) is 4.30. The molecule has 24 heavy (non-hydrogen) atoms. The molecule has 2 amide bonds. The van der Waals surface area contributed by atoms with Crippen molar-refractivity contribution in [2.45, 2.75) is 19.4 Å². The number of nitrogens with zero attached hydrogens (tertiary/aromatic N) is 2. The molecular formula is C17H24FN3O3. The minimum Gasteiger partial charge on any atom is -0.380 e. The molecule has 1 unspecified atom stereocenters. The van der Waals surface area contributed by atoms with E-state index in [1.807, 2.05) is 0 Å². The monoisotopic (exact) mass is 337 g/mol. The molecule has 0 aliphatic carbocycles. The molecular weight excluding hydrogens is 313 g/mol. The van der Waals surface area contributed by atoms with Crippen molar-refractivity contribution in [1.82, 2.24) is 9.80 Å². The van der Waals surface area contributed by atoms with Crippen molar-refractivity contribution in [2.75, 3.05) is 39.8 Å². The van der Waals surface area contributed by atoms with E-state index in [9.17, 15) is 14.0 Å². The topological polar surface area (TPSA) is 75.9 Å². The van der Waals surface area contributed by atoms with Crippen LogP contribution in [-0.4, -0.2) is 67.6 Å². The molecule has 7 heteroatoms. The Kier molecular flexibility index (Phi) is 6.28. The van der Waals surface area contributed by atoms with Gasteiger partial charge in [0.25, 0.3) is 5.91 Å². The lowest BCUT2D eigenvalue weighted by molar-refractivity contribution is -0.135. The number of carbonyl (C=O) groups is 2. The Morgan fingerprint density at radius 2 is 1.88 bits per heavy atom. The van der Waals surface area contributed by atoms with E-state index < -0.39 is 0 Å². The number of aryl methyl sites for hydroxylation is 1. The SMILES string of the molecule is COC(CN)CC(=O)N1CCN(C(=O)c2ccc(C)c(F)c2)CC1. The predicted molar refractivity (Wildman–Crippen MR) is 88.1 cm³/mol. The number of nitrogens with two attached hydrogens (primary N) is 1. The van der Waals surface area contributed by atoms with Gasteiger partial charge in [0.1, 0.15) is 5.82 Å². The van der Waals surface area contributed by atoms with Crippen LogP contribution in [0.15, 0.2) is 18.2 Å². The molecule has 1 aromatic rings. The normalized spacial score (nSPS) is 16.2. The molecule has 1 atom stereocenters. The number of hydrogen-bond acceptors (Lipinski definition) is 4. The van der Waals surface area contributed by atoms with E-state index >= 15 is 0 Å². The molecule has 6 nitrogen and oxygen atoms in total. The second-order valence-electron chi connectivity index (χ2n) is 5.93. The average molecular weight is 337 g/mol. The van der Waals surface area contributed by atoms with Crippen LogP contribution in [-0.2, 0) is 9.53 Å². The summed E-state index contributed by atoms with van der Waals surface area (Å²) in [6, 6.07) is 4.49. The number of amides is 2. The van der Waals surface area contributed by atoms with Crippen LogP contribution in [0.3, 0.4) is 0 Å². The van der Waals surface area contributed by atoms with Crippen LogP contribution in [0.5, 0.6) is 0 Å². The number of methoxy groups -OCH3 is 1. The standard InChI is InChI=1S/C17H24FN3O3/c1-12-3-4-13(9-15(12)18)17(23)21-7-5-20(6-8-21)16(22)10-14(11-19)24-2/h3-4,9,14H,5-8,10-11,19H2,1-2H3. The summed E-state index contributed by atoms with van der Waals surface area (Å²) in [6.45, 7) is 3.73. The van der Waals surface area contributed by atoms with Crippen LogP contribution in [0, 0.1) is 12.7 Å². The number of piperazine rings is 1. The Labute approximate surface area is 141 Å². The number of halogens is 1. The third-order valence-corrected chi connectivity index (χ3v) is 4.34. The summed E-state index contributed by atoms with van der Waals surface area (Å²) >= 11 is 0. The second kappa shape index (κ2) is 8.21. The van der Waals surface area contributed by atoms with Crippen LogP contribution in [0.4, 0.5) is 4.39 Å². The maximum absolute atomic E-state index is 13.6. The molecule has 1 aliphatic rings. The van der Waals surface area contributed by atoms with Gasteiger partial charge in [0.05, 0.1) is 12.5 Å². The maximum Gasteiger partial charge on any atom is 0.254 e. The van der Waals surface area contributed by atoms with Crippen molar-refractivity contribution in [3.8, 4) is 0 Å². The zero-order valence-corrected chi connectivity index (χ0v) is 14.1. The summed E-state index contributed by atoms with van der Waals surface area (Å²) < 4.78 is 18.7. The van der Waals surface area contributed by atoms with Crippen molar-refractivity contribution in [3.05, 3.63) is 35.1 Å². The lowest BCUT2D eigenvalue weighted by Crippen LogP contribution is -2.51. The molecule has 1 saturated heterocycles. The van der Waals surface area contributed by atoms with Gasteiger partial charge < -0.3 is 20.3 Å². The van der Waals surface area contributed by atoms with Gasteiger partial charge in [-0.15, -0.1) is 0 Å². The van der Waals surface area contributed by atoms with Crippen LogP contribution < -0.4 is 5.73 Å². The van der Waals surface area contributed by atoms with Crippen molar-refractivity contribution >= 4 is 11.8 Å². The quantitative estimate of drug-likeness (QED) is 0.862. The number of carbonyl (C=O) groups excluding carboxylic acids is 2. The minimum absolute atomic E-state index is 0.0271. The van der Waals surface area contributed by atoms with Crippen LogP contribution >= 0.6 is 0 Å². The second-order valence-corrected chi connectivity index (χ2v) is 5.93. The first kappa shape index (κ1) is 18.4. The number of benzene rings is 1. The van der Waals surface area contributed by atoms with Gasteiger partial charge in [0, 0.05) is 45.4 Å². The molecule has 1 heterocycles. The fourth-order valence-corrected chi connectivity index (χ4v) is 2.65. The van der Waals surface area contributed by atoms with Gasteiger partial charge in [-0.3, -0.25) is 9.59 Å². The molecule has 0 saturated carbocycles. The summed E-state index contributed by atoms with van der Waals surface area (Å²) in [5, 5.41) is 0. The van der Waals surface area contributed by atoms with Gasteiger partial charge in [-0.25, -0.2) is 4.39 Å². The van der Waals surface area contributed by atoms with E-state index in [0.29, 0.717) is 43.9 Å². The Hall–Kier alpha value is -1.99. The molecule has 0 aromatic heterocycles. The molecule has 1 aromatic carbocycles. The average Bonchev–Trinajstić information content (AvgIpc) is 2.61. The fraction of sp³-hybridized carbons (Fsp3) is 0.529. The summed E-state index contributed by atoms with van der Waals surface area (Å²) in [5.41, 5.74) is 6.37. The van der Waals surface area contributed by atoms with E-state index in [-0.39, 0.29) is 30.2 Å². The van der Waals surface area contributed by atoms with E-state index in [0.717, 1.165) is 0 Å². The largest absolute Gasteiger partial charge is 0.380 e. The lowest BCUT2D eigenvalue weighted by Gasteiger charge is -2.35. The molecule has 1 aliphatic heterocycles. The molecule has 2 N–H and O–H groups in total. The Bertz CT molecular complexity index is 597. The van der Waals surface area contributed by atoms with Gasteiger partial charge in [-0.05, 0) is 24.6 Å². The van der Waals surface area contributed by atoms with Crippen LogP contribution in [0.25, 0.3) is 0 Å². The molecule has 0 spiro atoms. The lowest BCUT2D eigenvalue weighted by atomic mass is 10.1. The zero-order chi connectivity index (χ0) is 17.7. The highest BCUT2D eigenvalue weighted by atomic mass is 19.1. The van der Waals surface area contributed by atoms with E-state index in [2.05, 4.69) is 0 Å². The van der Waals surface area contributed by atoms with Gasteiger partial charge in [-0.1, -0.05) is 6.07 Å². The Morgan fingerprint density at radius 1 is 1.25 bits per heavy atom. The van der Waals surface area contributed by atoms with Gasteiger partial charge in [-0.2, -0.15) is 0 Å². The molecule has 0 radical (unpaired) electrons. The van der Waals surface area contributed by atoms with Gasteiger partial charge in [0.15, 0.2) is 0 Å². The van der Waals surface area contributed by atoms with Crippen molar-refractivity contribution in [3.63, 3.8) is 0 Å². The van der Waals surface area contributed by atoms with E-state index in [4.69, 9.17) is 10.5 Å². The first-order chi connectivity index (χ1) is 11.5. The van der Waals surface area contributed by atoms with E-state index in [1.54, 1.807) is 28.9 Å². The zero-order valence-electron chi connectivity index (χ0n) is 14.1. The summed E-state index contributed by atoms with van der Waals surface area (Å²) in [7, 11) is 1.53. The first-order valence-electron chi connectivity index (χ1n) is 8.02. The highest BCUT2D eigenvalue weighted by Crippen LogP contribution is 2.14. The molecule has 0 bridgehead atoms. The molecule has 132 valence electrons. The Balaban J connectivity index is 1.91. The minimum atomic E-state index is -0.387. The number of ether oxygens (including phenoxy) is 1. The van der Waals surface area contributed by atoms with Gasteiger partial charge >= 0.3 is 0 Å². The highest BCUT2D eigenvalue weighted by molar-refractivity contribution is 5.94. The Morgan fingerprint density at radius 3 is 2.42 bits per heavy atom. The smallest absolute Gasteiger partial charge is 0.254 e. The van der Waals surface area contributed by atoms with E-state index in [1.165, 1.54) is 13.2 Å². The van der Waals surface area contributed by atoms with Crippen LogP contribution in [0.2, 0.25) is 0 Å². The predicted octanol–water partition coefficient (Wildman–Crippen LogP) is 0.782. The summed E-state index contributed by atoms with van der Waals surface area (Å²) in [5.74, 6) is -0.624. The van der Waals surface area contributed by atoms with Gasteiger partial charge in [0.2, 0.25) is 5.91 Å².